The fourth-order valence-corrected chi connectivity index (χ4v) is 3.46. The maximum Gasteiger partial charge on any atom is 0.291 e. The van der Waals surface area contributed by atoms with E-state index in [-0.39, 0.29) is 5.56 Å². The monoisotopic (exact) mass is 361 g/mol. The van der Waals surface area contributed by atoms with Gasteiger partial charge in [-0.25, -0.2) is 0 Å². The zero-order valence-electron chi connectivity index (χ0n) is 14.0. The molecule has 6 heteroatoms. The number of allylic oxidation sites excluding steroid dienone is 1. The second-order valence-electron chi connectivity index (χ2n) is 5.54. The Bertz CT molecular complexity index is 1190. The quantitative estimate of drug-likeness (QED) is 0.561. The van der Waals surface area contributed by atoms with Crippen molar-refractivity contribution in [3.05, 3.63) is 81.1 Å². The lowest BCUT2D eigenvalue weighted by Crippen LogP contribution is -2.23. The van der Waals surface area contributed by atoms with E-state index in [1.807, 2.05) is 66.7 Å². The number of thiazole rings is 1. The SMILES string of the molecule is COc1ccccc1C=CC=c1sc2nc(-c3ccccc3)nn2c1=O. The highest BCUT2D eigenvalue weighted by atomic mass is 32.1. The second kappa shape index (κ2) is 6.93. The summed E-state index contributed by atoms with van der Waals surface area (Å²) in [6.45, 7) is 0. The molecule has 4 aromatic rings. The van der Waals surface area contributed by atoms with E-state index in [0.717, 1.165) is 16.9 Å². The van der Waals surface area contributed by atoms with Crippen molar-refractivity contribution in [1.29, 1.82) is 0 Å². The number of ether oxygens (including phenoxy) is 1. The molecule has 2 aromatic heterocycles. The van der Waals surface area contributed by atoms with Crippen LogP contribution in [-0.4, -0.2) is 21.7 Å². The molecule has 0 aliphatic heterocycles. The molecule has 2 heterocycles. The highest BCUT2D eigenvalue weighted by Crippen LogP contribution is 2.18. The van der Waals surface area contributed by atoms with E-state index in [9.17, 15) is 4.79 Å². The molecule has 0 amide bonds. The summed E-state index contributed by atoms with van der Waals surface area (Å²) >= 11 is 1.32. The zero-order valence-corrected chi connectivity index (χ0v) is 14.8. The van der Waals surface area contributed by atoms with Gasteiger partial charge < -0.3 is 4.74 Å². The molecule has 0 aliphatic rings. The van der Waals surface area contributed by atoms with E-state index in [1.54, 1.807) is 13.2 Å². The van der Waals surface area contributed by atoms with Crippen LogP contribution in [0.5, 0.6) is 5.75 Å². The van der Waals surface area contributed by atoms with Gasteiger partial charge in [-0.3, -0.25) is 4.79 Å². The molecule has 0 fully saturated rings. The molecule has 0 bridgehead atoms. The Labute approximate surface area is 153 Å². The van der Waals surface area contributed by atoms with E-state index in [4.69, 9.17) is 4.74 Å². The summed E-state index contributed by atoms with van der Waals surface area (Å²) in [4.78, 5) is 17.6. The number of hydrogen-bond acceptors (Lipinski definition) is 5. The second-order valence-corrected chi connectivity index (χ2v) is 6.54. The van der Waals surface area contributed by atoms with Crippen LogP contribution >= 0.6 is 11.3 Å². The van der Waals surface area contributed by atoms with Gasteiger partial charge in [0.15, 0.2) is 5.82 Å². The fourth-order valence-electron chi connectivity index (χ4n) is 2.60. The molecule has 0 saturated heterocycles. The smallest absolute Gasteiger partial charge is 0.291 e. The molecule has 2 aromatic carbocycles. The maximum atomic E-state index is 12.5. The summed E-state index contributed by atoms with van der Waals surface area (Å²) in [5, 5.41) is 4.34. The summed E-state index contributed by atoms with van der Waals surface area (Å²) in [6.07, 6.45) is 5.52. The average Bonchev–Trinajstić information content (AvgIpc) is 3.23. The van der Waals surface area contributed by atoms with Gasteiger partial charge in [-0.1, -0.05) is 72.0 Å². The predicted octanol–water partition coefficient (Wildman–Crippen LogP) is 3.04. The number of methoxy groups -OCH3 is 1. The molecular weight excluding hydrogens is 346 g/mol. The minimum Gasteiger partial charge on any atom is -0.496 e. The Balaban J connectivity index is 1.68. The lowest BCUT2D eigenvalue weighted by Gasteiger charge is -2.02. The summed E-state index contributed by atoms with van der Waals surface area (Å²) < 4.78 is 7.26. The van der Waals surface area contributed by atoms with Crippen molar-refractivity contribution < 1.29 is 4.74 Å². The Morgan fingerprint density at radius 3 is 2.62 bits per heavy atom. The van der Waals surface area contributed by atoms with E-state index in [1.165, 1.54) is 15.9 Å². The van der Waals surface area contributed by atoms with Crippen LogP contribution in [0.15, 0.2) is 65.5 Å². The minimum absolute atomic E-state index is 0.163. The topological polar surface area (TPSA) is 56.5 Å². The first-order valence-electron chi connectivity index (χ1n) is 8.02. The van der Waals surface area contributed by atoms with Crippen molar-refractivity contribution in [2.24, 2.45) is 0 Å². The summed E-state index contributed by atoms with van der Waals surface area (Å²) in [5.41, 5.74) is 1.68. The minimum atomic E-state index is -0.163. The molecule has 26 heavy (non-hydrogen) atoms. The highest BCUT2D eigenvalue weighted by Gasteiger charge is 2.11. The van der Waals surface area contributed by atoms with Gasteiger partial charge in [0.05, 0.1) is 11.6 Å². The third-order valence-corrected chi connectivity index (χ3v) is 4.85. The standard InChI is InChI=1S/C20H15N3O2S/c1-25-16-12-6-5-8-14(16)11-7-13-17-19(24)23-20(26-17)21-18(22-23)15-9-3-2-4-10-15/h2-13H,1H3. The van der Waals surface area contributed by atoms with E-state index in [2.05, 4.69) is 10.1 Å². The number of rotatable bonds is 4. The largest absolute Gasteiger partial charge is 0.496 e. The van der Waals surface area contributed by atoms with Crippen LogP contribution in [0.25, 0.3) is 28.5 Å². The van der Waals surface area contributed by atoms with Crippen LogP contribution < -0.4 is 14.8 Å². The number of hydrogen-bond donors (Lipinski definition) is 0. The first-order chi connectivity index (χ1) is 12.8. The predicted molar refractivity (Wildman–Crippen MR) is 104 cm³/mol. The Morgan fingerprint density at radius 2 is 1.85 bits per heavy atom. The zero-order chi connectivity index (χ0) is 17.9. The number of benzene rings is 2. The molecule has 0 radical (unpaired) electrons. The van der Waals surface area contributed by atoms with Crippen molar-refractivity contribution >= 4 is 28.4 Å². The van der Waals surface area contributed by atoms with Crippen LogP contribution in [0.4, 0.5) is 0 Å². The number of nitrogens with zero attached hydrogens (tertiary/aromatic N) is 3. The first-order valence-corrected chi connectivity index (χ1v) is 8.84. The maximum absolute atomic E-state index is 12.5. The van der Waals surface area contributed by atoms with Gasteiger partial charge in [0.25, 0.3) is 5.56 Å². The van der Waals surface area contributed by atoms with Crippen molar-refractivity contribution in [3.8, 4) is 17.1 Å². The lowest BCUT2D eigenvalue weighted by molar-refractivity contribution is 0.414. The van der Waals surface area contributed by atoms with E-state index >= 15 is 0 Å². The molecule has 0 unspecified atom stereocenters. The Hall–Kier alpha value is -3.25. The van der Waals surface area contributed by atoms with Crippen molar-refractivity contribution in [1.82, 2.24) is 14.6 Å². The van der Waals surface area contributed by atoms with Gasteiger partial charge in [-0.2, -0.15) is 9.50 Å². The summed E-state index contributed by atoms with van der Waals surface area (Å²) in [7, 11) is 1.64. The Kier molecular flexibility index (Phi) is 4.33. The number of para-hydroxylation sites is 1. The van der Waals surface area contributed by atoms with Gasteiger partial charge in [-0.05, 0) is 12.1 Å². The molecule has 0 aliphatic carbocycles. The van der Waals surface area contributed by atoms with Crippen LogP contribution in [0.1, 0.15) is 5.56 Å². The molecule has 4 rings (SSSR count). The molecule has 0 atom stereocenters. The highest BCUT2D eigenvalue weighted by molar-refractivity contribution is 7.15. The number of aromatic nitrogens is 3. The molecule has 0 N–H and O–H groups in total. The Morgan fingerprint density at radius 1 is 1.08 bits per heavy atom. The molecular formula is C20H15N3O2S. The van der Waals surface area contributed by atoms with Crippen molar-refractivity contribution in [3.63, 3.8) is 0 Å². The lowest BCUT2D eigenvalue weighted by atomic mass is 10.2. The third-order valence-electron chi connectivity index (χ3n) is 3.88. The van der Waals surface area contributed by atoms with Gasteiger partial charge in [0.1, 0.15) is 5.75 Å². The van der Waals surface area contributed by atoms with E-state index in [0.29, 0.717) is 15.3 Å². The number of fused-ring (bicyclic) bond motifs is 1. The van der Waals surface area contributed by atoms with Crippen LogP contribution in [0.3, 0.4) is 0 Å². The first kappa shape index (κ1) is 16.2. The van der Waals surface area contributed by atoms with E-state index < -0.39 is 0 Å². The molecule has 5 nitrogen and oxygen atoms in total. The average molecular weight is 361 g/mol. The van der Waals surface area contributed by atoms with Crippen molar-refractivity contribution in [2.75, 3.05) is 7.11 Å². The summed E-state index contributed by atoms with van der Waals surface area (Å²) in [5.74, 6) is 1.35. The van der Waals surface area contributed by atoms with Gasteiger partial charge in [-0.15, -0.1) is 5.10 Å². The molecule has 128 valence electrons. The van der Waals surface area contributed by atoms with Gasteiger partial charge >= 0.3 is 0 Å². The van der Waals surface area contributed by atoms with Crippen molar-refractivity contribution in [2.45, 2.75) is 0 Å². The normalized spacial score (nSPS) is 12.3. The van der Waals surface area contributed by atoms with Crippen LogP contribution in [0, 0.1) is 0 Å². The molecule has 0 spiro atoms. The third kappa shape index (κ3) is 3.02. The van der Waals surface area contributed by atoms with Crippen LogP contribution in [0.2, 0.25) is 0 Å². The van der Waals surface area contributed by atoms with Gasteiger partial charge in [0.2, 0.25) is 4.96 Å². The van der Waals surface area contributed by atoms with Gasteiger partial charge in [0, 0.05) is 11.1 Å². The summed E-state index contributed by atoms with van der Waals surface area (Å²) in [6, 6.07) is 17.3. The van der Waals surface area contributed by atoms with Crippen LogP contribution in [-0.2, 0) is 0 Å². The fraction of sp³-hybridized carbons (Fsp3) is 0.0500. The molecule has 0 saturated carbocycles.